The van der Waals surface area contributed by atoms with Gasteiger partial charge in [-0.1, -0.05) is 25.7 Å². The van der Waals surface area contributed by atoms with Gasteiger partial charge in [-0.3, -0.25) is 9.59 Å². The van der Waals surface area contributed by atoms with Gasteiger partial charge in [0.15, 0.2) is 5.78 Å². The summed E-state index contributed by atoms with van der Waals surface area (Å²) in [5.41, 5.74) is 0.926. The van der Waals surface area contributed by atoms with Crippen LogP contribution in [0.2, 0.25) is 0 Å². The van der Waals surface area contributed by atoms with E-state index in [4.69, 9.17) is 0 Å². The van der Waals surface area contributed by atoms with Crippen LogP contribution < -0.4 is 0 Å². The third-order valence-corrected chi connectivity index (χ3v) is 3.25. The minimum absolute atomic E-state index is 0.00509. The van der Waals surface area contributed by atoms with Crippen molar-refractivity contribution in [2.45, 2.75) is 26.7 Å². The Balaban J connectivity index is 2.99. The molecular formula is C13H18O2. The van der Waals surface area contributed by atoms with Gasteiger partial charge < -0.3 is 0 Å². The molecule has 0 radical (unpaired) electrons. The molecule has 0 aliphatic heterocycles. The quantitative estimate of drug-likeness (QED) is 0.404. The number of allylic oxidation sites excluding steroid dienone is 2. The van der Waals surface area contributed by atoms with Gasteiger partial charge in [-0.25, -0.2) is 0 Å². The number of carbonyl (C=O) groups is 2. The first-order valence-corrected chi connectivity index (χ1v) is 5.34. The second kappa shape index (κ2) is 4.56. The summed E-state index contributed by atoms with van der Waals surface area (Å²) < 4.78 is 0. The Bertz CT molecular complexity index is 314. The lowest BCUT2D eigenvalue weighted by molar-refractivity contribution is -0.136. The van der Waals surface area contributed by atoms with Crippen molar-refractivity contribution in [1.29, 1.82) is 0 Å². The van der Waals surface area contributed by atoms with Crippen LogP contribution in [0.1, 0.15) is 26.7 Å². The Morgan fingerprint density at radius 1 is 1.47 bits per heavy atom. The van der Waals surface area contributed by atoms with Crippen molar-refractivity contribution in [3.63, 3.8) is 0 Å². The average Bonchev–Trinajstić information content (AvgIpc) is 2.20. The van der Waals surface area contributed by atoms with Gasteiger partial charge in [-0.15, -0.1) is 0 Å². The number of Topliss-reactive ketones (excluding diaryl/α,β-unsaturated/α-hetero) is 1. The molecule has 1 fully saturated rings. The standard InChI is InChI=1S/C13H18O2/c1-5-11(14)12-10(8(2)3)7-6-9(4)13(12)15/h5,9-10,12H,1-2,6-7H2,3-4H3/t9-,10+,12-/m1/s1. The monoisotopic (exact) mass is 206 g/mol. The molecule has 82 valence electrons. The van der Waals surface area contributed by atoms with Crippen LogP contribution in [-0.2, 0) is 9.59 Å². The van der Waals surface area contributed by atoms with Gasteiger partial charge >= 0.3 is 0 Å². The highest BCUT2D eigenvalue weighted by atomic mass is 16.2. The zero-order chi connectivity index (χ0) is 11.6. The van der Waals surface area contributed by atoms with Crippen LogP contribution in [0.15, 0.2) is 24.8 Å². The van der Waals surface area contributed by atoms with Crippen LogP contribution in [0.5, 0.6) is 0 Å². The average molecular weight is 206 g/mol. The van der Waals surface area contributed by atoms with E-state index in [9.17, 15) is 9.59 Å². The van der Waals surface area contributed by atoms with Crippen molar-refractivity contribution in [3.05, 3.63) is 24.8 Å². The molecule has 0 aromatic rings. The largest absolute Gasteiger partial charge is 0.299 e. The van der Waals surface area contributed by atoms with Crippen LogP contribution in [0.3, 0.4) is 0 Å². The molecule has 0 heterocycles. The van der Waals surface area contributed by atoms with E-state index < -0.39 is 5.92 Å². The van der Waals surface area contributed by atoms with Gasteiger partial charge in [0, 0.05) is 5.92 Å². The van der Waals surface area contributed by atoms with Crippen LogP contribution in [0.25, 0.3) is 0 Å². The molecule has 1 aliphatic rings. The molecule has 0 bridgehead atoms. The smallest absolute Gasteiger partial charge is 0.166 e. The van der Waals surface area contributed by atoms with Crippen molar-refractivity contribution in [3.8, 4) is 0 Å². The summed E-state index contributed by atoms with van der Waals surface area (Å²) in [5.74, 6) is -0.615. The van der Waals surface area contributed by atoms with Crippen LogP contribution in [-0.4, -0.2) is 11.6 Å². The molecule has 15 heavy (non-hydrogen) atoms. The van der Waals surface area contributed by atoms with E-state index in [1.807, 2.05) is 13.8 Å². The second-order valence-corrected chi connectivity index (χ2v) is 4.42. The van der Waals surface area contributed by atoms with Gasteiger partial charge in [-0.2, -0.15) is 0 Å². The molecule has 0 unspecified atom stereocenters. The first-order valence-electron chi connectivity index (χ1n) is 5.34. The van der Waals surface area contributed by atoms with Gasteiger partial charge in [0.2, 0.25) is 0 Å². The van der Waals surface area contributed by atoms with Gasteiger partial charge in [0.05, 0.1) is 5.92 Å². The summed E-state index contributed by atoms with van der Waals surface area (Å²) >= 11 is 0. The highest BCUT2D eigenvalue weighted by Gasteiger charge is 2.39. The summed E-state index contributed by atoms with van der Waals surface area (Å²) in [5, 5.41) is 0. The van der Waals surface area contributed by atoms with Crippen molar-refractivity contribution in [2.75, 3.05) is 0 Å². The number of carbonyl (C=O) groups excluding carboxylic acids is 2. The molecule has 2 heteroatoms. The maximum atomic E-state index is 11.9. The fourth-order valence-electron chi connectivity index (χ4n) is 2.24. The molecule has 0 saturated heterocycles. The first kappa shape index (κ1) is 11.9. The van der Waals surface area contributed by atoms with E-state index >= 15 is 0 Å². The highest BCUT2D eigenvalue weighted by molar-refractivity contribution is 6.08. The summed E-state index contributed by atoms with van der Waals surface area (Å²) in [6, 6.07) is 0. The van der Waals surface area contributed by atoms with Crippen LogP contribution >= 0.6 is 0 Å². The molecule has 0 spiro atoms. The molecule has 0 aromatic carbocycles. The molecule has 2 nitrogen and oxygen atoms in total. The lowest BCUT2D eigenvalue weighted by Gasteiger charge is -2.32. The summed E-state index contributed by atoms with van der Waals surface area (Å²) in [7, 11) is 0. The summed E-state index contributed by atoms with van der Waals surface area (Å²) in [4.78, 5) is 23.6. The van der Waals surface area contributed by atoms with Crippen molar-refractivity contribution in [2.24, 2.45) is 17.8 Å². The third kappa shape index (κ3) is 2.25. The topological polar surface area (TPSA) is 34.1 Å². The summed E-state index contributed by atoms with van der Waals surface area (Å²) in [6.45, 7) is 11.1. The predicted molar refractivity (Wildman–Crippen MR) is 60.4 cm³/mol. The Kier molecular flexibility index (Phi) is 3.61. The molecule has 1 saturated carbocycles. The molecule has 0 aromatic heterocycles. The number of ketones is 2. The number of hydrogen-bond acceptors (Lipinski definition) is 2. The lowest BCUT2D eigenvalue weighted by atomic mass is 9.69. The molecule has 0 N–H and O–H groups in total. The zero-order valence-electron chi connectivity index (χ0n) is 9.45. The van der Waals surface area contributed by atoms with E-state index in [0.29, 0.717) is 0 Å². The van der Waals surface area contributed by atoms with Gasteiger partial charge in [-0.05, 0) is 31.8 Å². The van der Waals surface area contributed by atoms with Gasteiger partial charge in [0.25, 0.3) is 0 Å². The van der Waals surface area contributed by atoms with Crippen LogP contribution in [0.4, 0.5) is 0 Å². The number of rotatable bonds is 3. The second-order valence-electron chi connectivity index (χ2n) is 4.42. The predicted octanol–water partition coefficient (Wildman–Crippen LogP) is 2.55. The van der Waals surface area contributed by atoms with E-state index in [1.54, 1.807) is 0 Å². The highest BCUT2D eigenvalue weighted by Crippen LogP contribution is 2.35. The summed E-state index contributed by atoms with van der Waals surface area (Å²) in [6.07, 6.45) is 3.00. The van der Waals surface area contributed by atoms with Gasteiger partial charge in [0.1, 0.15) is 5.78 Å². The van der Waals surface area contributed by atoms with E-state index in [2.05, 4.69) is 13.2 Å². The van der Waals surface area contributed by atoms with E-state index in [0.717, 1.165) is 18.4 Å². The minimum Gasteiger partial charge on any atom is -0.299 e. The van der Waals surface area contributed by atoms with Crippen LogP contribution in [0, 0.1) is 17.8 Å². The Labute approximate surface area is 91.1 Å². The molecule has 1 rings (SSSR count). The normalized spacial score (nSPS) is 31.1. The fourth-order valence-corrected chi connectivity index (χ4v) is 2.24. The fraction of sp³-hybridized carbons (Fsp3) is 0.538. The lowest BCUT2D eigenvalue weighted by Crippen LogP contribution is -2.38. The van der Waals surface area contributed by atoms with Crippen molar-refractivity contribution >= 4 is 11.6 Å². The van der Waals surface area contributed by atoms with Crippen molar-refractivity contribution in [1.82, 2.24) is 0 Å². The molecule has 3 atom stereocenters. The van der Waals surface area contributed by atoms with E-state index in [1.165, 1.54) is 6.08 Å². The third-order valence-electron chi connectivity index (χ3n) is 3.25. The maximum Gasteiger partial charge on any atom is 0.166 e. The van der Waals surface area contributed by atoms with Crippen molar-refractivity contribution < 1.29 is 9.59 Å². The minimum atomic E-state index is -0.524. The SMILES string of the molecule is C=CC(=O)[C@@H]1C(=O)[C@H](C)CC[C@H]1C(=C)C. The Hall–Kier alpha value is -1.18. The molecular weight excluding hydrogens is 188 g/mol. The first-order chi connectivity index (χ1) is 6.99. The Morgan fingerprint density at radius 2 is 2.07 bits per heavy atom. The molecule has 0 amide bonds. The number of hydrogen-bond donors (Lipinski definition) is 0. The zero-order valence-corrected chi connectivity index (χ0v) is 9.45. The van der Waals surface area contributed by atoms with E-state index in [-0.39, 0.29) is 23.4 Å². The maximum absolute atomic E-state index is 11.9. The Morgan fingerprint density at radius 3 is 2.53 bits per heavy atom. The molecule has 1 aliphatic carbocycles.